The summed E-state index contributed by atoms with van der Waals surface area (Å²) in [5.41, 5.74) is 10.0. The average molecular weight is 352 g/mol. The summed E-state index contributed by atoms with van der Waals surface area (Å²) >= 11 is 0. The van der Waals surface area contributed by atoms with Crippen LogP contribution in [-0.2, 0) is 0 Å². The van der Waals surface area contributed by atoms with Crippen molar-refractivity contribution in [3.8, 4) is 0 Å². The van der Waals surface area contributed by atoms with Crippen LogP contribution in [0.1, 0.15) is 39.8 Å². The fourth-order valence-corrected chi connectivity index (χ4v) is 5.69. The number of hydrogen-bond donors (Lipinski definition) is 0. The predicted molar refractivity (Wildman–Crippen MR) is 109 cm³/mol. The minimum atomic E-state index is 0.288. The van der Waals surface area contributed by atoms with Gasteiger partial charge in [-0.15, -0.1) is 9.15 Å². The molecule has 2 nitrogen and oxygen atoms in total. The van der Waals surface area contributed by atoms with Gasteiger partial charge < -0.3 is 0 Å². The third-order valence-electron chi connectivity index (χ3n) is 6.80. The molecule has 0 aromatic heterocycles. The van der Waals surface area contributed by atoms with Gasteiger partial charge in [-0.3, -0.25) is 0 Å². The molecule has 0 spiro atoms. The molecule has 2 aromatic rings. The zero-order chi connectivity index (χ0) is 18.3. The summed E-state index contributed by atoms with van der Waals surface area (Å²) < 4.78 is 5.15. The lowest BCUT2D eigenvalue weighted by Crippen LogP contribution is -2.33. The Balaban J connectivity index is 1.66. The summed E-state index contributed by atoms with van der Waals surface area (Å²) in [6.45, 7) is 7.75. The Morgan fingerprint density at radius 1 is 1.00 bits per heavy atom. The Labute approximate surface area is 160 Å². The highest BCUT2D eigenvalue weighted by Crippen LogP contribution is 2.50. The Morgan fingerprint density at radius 3 is 2.63 bits per heavy atom. The van der Waals surface area contributed by atoms with Crippen molar-refractivity contribution in [3.05, 3.63) is 88.0 Å². The van der Waals surface area contributed by atoms with Crippen molar-refractivity contribution in [2.45, 2.75) is 32.7 Å². The fraction of sp³-hybridized carbons (Fsp3) is 0.280. The van der Waals surface area contributed by atoms with E-state index in [2.05, 4.69) is 90.8 Å². The second-order valence-electron chi connectivity index (χ2n) is 8.45. The van der Waals surface area contributed by atoms with Gasteiger partial charge in [0, 0.05) is 28.7 Å². The van der Waals surface area contributed by atoms with Crippen LogP contribution in [0.3, 0.4) is 0 Å². The normalized spacial score (nSPS) is 26.7. The van der Waals surface area contributed by atoms with Crippen LogP contribution < -0.4 is 0 Å². The van der Waals surface area contributed by atoms with Gasteiger partial charge in [0.2, 0.25) is 11.9 Å². The van der Waals surface area contributed by atoms with Gasteiger partial charge in [0.25, 0.3) is 6.04 Å². The lowest BCUT2D eigenvalue weighted by Gasteiger charge is -2.26. The molecule has 27 heavy (non-hydrogen) atoms. The number of allylic oxidation sites excluding steroid dienone is 3. The van der Waals surface area contributed by atoms with Gasteiger partial charge in [-0.25, -0.2) is 0 Å². The summed E-state index contributed by atoms with van der Waals surface area (Å²) in [6, 6.07) is 14.0. The van der Waals surface area contributed by atoms with E-state index < -0.39 is 0 Å². The molecular weight excluding hydrogens is 328 g/mol. The molecule has 0 amide bonds. The van der Waals surface area contributed by atoms with Crippen LogP contribution in [0.2, 0.25) is 0 Å². The van der Waals surface area contributed by atoms with E-state index in [4.69, 9.17) is 0 Å². The minimum Gasteiger partial charge on any atom is -0.139 e. The van der Waals surface area contributed by atoms with Gasteiger partial charge >= 0.3 is 5.84 Å². The zero-order valence-corrected chi connectivity index (χ0v) is 16.1. The van der Waals surface area contributed by atoms with Crippen molar-refractivity contribution < 1.29 is 9.15 Å². The largest absolute Gasteiger partial charge is 0.428 e. The number of aryl methyl sites for hydroxylation is 3. The number of nitrogens with zero attached hydrogens (tertiary/aromatic N) is 2. The van der Waals surface area contributed by atoms with Crippen LogP contribution in [0.25, 0.3) is 0 Å². The molecule has 0 bridgehead atoms. The smallest absolute Gasteiger partial charge is 0.139 e. The third-order valence-corrected chi connectivity index (χ3v) is 6.80. The first-order valence-electron chi connectivity index (χ1n) is 9.95. The van der Waals surface area contributed by atoms with E-state index in [0.29, 0.717) is 11.8 Å². The van der Waals surface area contributed by atoms with Crippen LogP contribution in [0, 0.1) is 26.7 Å². The SMILES string of the molecule is Cc1ccc2c(c1)C1C=CC=C3C[N+]4=CC(c5c(C)cccc5C)[N+]2=C4C31. The maximum atomic E-state index is 2.63. The van der Waals surface area contributed by atoms with Crippen molar-refractivity contribution in [2.75, 3.05) is 6.54 Å². The lowest BCUT2D eigenvalue weighted by atomic mass is 9.76. The maximum Gasteiger partial charge on any atom is 0.428 e. The van der Waals surface area contributed by atoms with E-state index in [9.17, 15) is 0 Å². The lowest BCUT2D eigenvalue weighted by molar-refractivity contribution is -0.507. The first-order valence-corrected chi connectivity index (χ1v) is 9.95. The molecule has 1 aliphatic carbocycles. The Hall–Kier alpha value is -2.74. The van der Waals surface area contributed by atoms with E-state index in [-0.39, 0.29) is 6.04 Å². The first-order chi connectivity index (χ1) is 13.1. The second kappa shape index (κ2) is 5.16. The molecule has 132 valence electrons. The number of benzene rings is 2. The monoisotopic (exact) mass is 352 g/mol. The zero-order valence-electron chi connectivity index (χ0n) is 16.1. The van der Waals surface area contributed by atoms with E-state index in [1.165, 1.54) is 39.3 Å². The summed E-state index contributed by atoms with van der Waals surface area (Å²) in [6.07, 6.45) is 9.49. The molecule has 1 saturated heterocycles. The molecule has 0 saturated carbocycles. The molecule has 3 atom stereocenters. The number of fused-ring (bicyclic) bond motifs is 3. The predicted octanol–water partition coefficient (Wildman–Crippen LogP) is 4.72. The molecule has 3 unspecified atom stereocenters. The summed E-state index contributed by atoms with van der Waals surface area (Å²) in [4.78, 5) is 0. The summed E-state index contributed by atoms with van der Waals surface area (Å²) in [7, 11) is 0. The van der Waals surface area contributed by atoms with Gasteiger partial charge in [0.05, 0.1) is 0 Å². The quantitative estimate of drug-likeness (QED) is 0.655. The van der Waals surface area contributed by atoms with Crippen molar-refractivity contribution >= 4 is 17.7 Å². The van der Waals surface area contributed by atoms with Gasteiger partial charge in [-0.1, -0.05) is 48.1 Å². The van der Waals surface area contributed by atoms with Crippen molar-refractivity contribution in [2.24, 2.45) is 5.92 Å². The summed E-state index contributed by atoms with van der Waals surface area (Å²) in [5, 5.41) is 0. The van der Waals surface area contributed by atoms with Gasteiger partial charge in [-0.05, 0) is 38.0 Å². The van der Waals surface area contributed by atoms with Crippen LogP contribution in [-0.4, -0.2) is 27.7 Å². The Kier molecular flexibility index (Phi) is 2.93. The second-order valence-corrected chi connectivity index (χ2v) is 8.45. The van der Waals surface area contributed by atoms with Crippen LogP contribution in [0.5, 0.6) is 0 Å². The minimum absolute atomic E-state index is 0.288. The molecule has 0 radical (unpaired) electrons. The standard InChI is InChI=1S/C25H24N2/c1-15-10-11-21-20(12-15)19-9-5-8-18-13-26-14-22(27(21)25(26)24(18)19)23-16(2)6-4-7-17(23)3/h4-12,14,19,22,24H,13H2,1-3H3/q+2. The molecule has 0 N–H and O–H groups in total. The number of hydrogen-bond acceptors (Lipinski definition) is 0. The topological polar surface area (TPSA) is 6.02 Å². The van der Waals surface area contributed by atoms with Crippen molar-refractivity contribution in [3.63, 3.8) is 0 Å². The van der Waals surface area contributed by atoms with Crippen molar-refractivity contribution in [1.29, 1.82) is 0 Å². The highest BCUT2D eigenvalue weighted by atomic mass is 15.3. The molecule has 2 aromatic carbocycles. The molecule has 2 heteroatoms. The fourth-order valence-electron chi connectivity index (χ4n) is 5.69. The molecule has 1 fully saturated rings. The Bertz CT molecular complexity index is 1120. The molecule has 4 aliphatic rings. The third kappa shape index (κ3) is 1.91. The highest BCUT2D eigenvalue weighted by molar-refractivity contribution is 5.90. The van der Waals surface area contributed by atoms with Crippen LogP contribution in [0.15, 0.2) is 60.2 Å². The molecule has 3 aliphatic heterocycles. The molecule has 3 heterocycles. The molecular formula is C25H24N2+2. The Morgan fingerprint density at radius 2 is 1.81 bits per heavy atom. The first kappa shape index (κ1) is 15.3. The van der Waals surface area contributed by atoms with Crippen molar-refractivity contribution in [1.82, 2.24) is 0 Å². The highest BCUT2D eigenvalue weighted by Gasteiger charge is 2.60. The van der Waals surface area contributed by atoms with E-state index in [0.717, 1.165) is 6.54 Å². The van der Waals surface area contributed by atoms with E-state index in [1.807, 2.05) is 0 Å². The van der Waals surface area contributed by atoms with Gasteiger partial charge in [0.1, 0.15) is 5.92 Å². The average Bonchev–Trinajstić information content (AvgIpc) is 3.18. The van der Waals surface area contributed by atoms with Crippen LogP contribution >= 0.6 is 0 Å². The maximum absolute atomic E-state index is 2.63. The number of amidine groups is 1. The van der Waals surface area contributed by atoms with Crippen LogP contribution in [0.4, 0.5) is 5.69 Å². The molecule has 6 rings (SSSR count). The van der Waals surface area contributed by atoms with E-state index >= 15 is 0 Å². The number of rotatable bonds is 1. The van der Waals surface area contributed by atoms with Gasteiger partial charge in [0.15, 0.2) is 6.54 Å². The van der Waals surface area contributed by atoms with E-state index in [1.54, 1.807) is 5.57 Å². The summed E-state index contributed by atoms with van der Waals surface area (Å²) in [5.74, 6) is 2.45. The van der Waals surface area contributed by atoms with Gasteiger partial charge in [-0.2, -0.15) is 0 Å².